The Hall–Kier alpha value is -1.60. The van der Waals surface area contributed by atoms with Gasteiger partial charge in [-0.3, -0.25) is 0 Å². The van der Waals surface area contributed by atoms with Crippen molar-refractivity contribution in [3.05, 3.63) is 24.0 Å². The van der Waals surface area contributed by atoms with Gasteiger partial charge in [-0.05, 0) is 51.4 Å². The summed E-state index contributed by atoms with van der Waals surface area (Å²) in [6.45, 7) is 7.36. The standard InChI is InChI=1S/C16H24BFO5/c1-15(2,21-6)16(3,4)23-17-12-9-11(18)7-8-13(12)22-10-14(19)20-5/h7-9,17H,10H2,1-6H3. The van der Waals surface area contributed by atoms with Gasteiger partial charge in [0.15, 0.2) is 6.61 Å². The molecule has 1 rings (SSSR count). The Morgan fingerprint density at radius 3 is 2.39 bits per heavy atom. The van der Waals surface area contributed by atoms with Gasteiger partial charge in [0.05, 0.1) is 18.3 Å². The molecular weight excluding hydrogens is 302 g/mol. The normalized spacial score (nSPS) is 12.0. The van der Waals surface area contributed by atoms with Gasteiger partial charge in [-0.25, -0.2) is 9.18 Å². The highest BCUT2D eigenvalue weighted by Crippen LogP contribution is 2.28. The van der Waals surface area contributed by atoms with Crippen LogP contribution in [0.3, 0.4) is 0 Å². The summed E-state index contributed by atoms with van der Waals surface area (Å²) in [6, 6.07) is 4.05. The second-order valence-corrected chi connectivity index (χ2v) is 6.13. The Balaban J connectivity index is 2.86. The van der Waals surface area contributed by atoms with Crippen LogP contribution in [0.15, 0.2) is 18.2 Å². The Kier molecular flexibility index (Phi) is 6.59. The Bertz CT molecular complexity index is 545. The molecule has 0 aliphatic rings. The number of benzene rings is 1. The highest BCUT2D eigenvalue weighted by Gasteiger charge is 2.38. The number of rotatable bonds is 8. The van der Waals surface area contributed by atoms with Gasteiger partial charge in [-0.2, -0.15) is 0 Å². The molecule has 0 amide bonds. The van der Waals surface area contributed by atoms with Crippen LogP contribution in [0.25, 0.3) is 0 Å². The van der Waals surface area contributed by atoms with E-state index < -0.39 is 23.0 Å². The average molecular weight is 326 g/mol. The monoisotopic (exact) mass is 326 g/mol. The SMILES string of the molecule is COC(=O)COc1ccc(F)cc1BOC(C)(C)C(C)(C)OC. The van der Waals surface area contributed by atoms with Gasteiger partial charge >= 0.3 is 13.5 Å². The van der Waals surface area contributed by atoms with Gasteiger partial charge in [-0.15, -0.1) is 0 Å². The van der Waals surface area contributed by atoms with Crippen LogP contribution >= 0.6 is 0 Å². The van der Waals surface area contributed by atoms with E-state index in [1.54, 1.807) is 7.11 Å². The minimum atomic E-state index is -0.617. The van der Waals surface area contributed by atoms with Crippen LogP contribution < -0.4 is 10.2 Å². The molecule has 0 unspecified atom stereocenters. The molecule has 0 heterocycles. The Labute approximate surface area is 137 Å². The molecule has 0 bridgehead atoms. The number of ether oxygens (including phenoxy) is 3. The maximum atomic E-state index is 13.5. The van der Waals surface area contributed by atoms with E-state index in [1.165, 1.54) is 25.3 Å². The summed E-state index contributed by atoms with van der Waals surface area (Å²) in [5, 5.41) is 0. The van der Waals surface area contributed by atoms with Crippen molar-refractivity contribution in [3.8, 4) is 5.75 Å². The third-order valence-corrected chi connectivity index (χ3v) is 4.14. The van der Waals surface area contributed by atoms with Crippen molar-refractivity contribution in [3.63, 3.8) is 0 Å². The van der Waals surface area contributed by atoms with E-state index in [9.17, 15) is 9.18 Å². The van der Waals surface area contributed by atoms with Crippen molar-refractivity contribution >= 4 is 18.9 Å². The molecule has 0 radical (unpaired) electrons. The molecule has 0 aromatic heterocycles. The molecule has 23 heavy (non-hydrogen) atoms. The van der Waals surface area contributed by atoms with E-state index in [1.807, 2.05) is 27.7 Å². The lowest BCUT2D eigenvalue weighted by Crippen LogP contribution is -2.50. The van der Waals surface area contributed by atoms with E-state index >= 15 is 0 Å². The summed E-state index contributed by atoms with van der Waals surface area (Å²) < 4.78 is 34.8. The van der Waals surface area contributed by atoms with Crippen LogP contribution in [-0.2, 0) is 18.9 Å². The van der Waals surface area contributed by atoms with Gasteiger partial charge in [-0.1, -0.05) is 0 Å². The number of carbonyl (C=O) groups is 1. The largest absolute Gasteiger partial charge is 0.482 e. The van der Waals surface area contributed by atoms with Crippen molar-refractivity contribution in [1.29, 1.82) is 0 Å². The van der Waals surface area contributed by atoms with Crippen LogP contribution in [0.5, 0.6) is 5.75 Å². The van der Waals surface area contributed by atoms with Crippen molar-refractivity contribution in [2.75, 3.05) is 20.8 Å². The summed E-state index contributed by atoms with van der Waals surface area (Å²) in [6.07, 6.45) is 0. The molecule has 0 atom stereocenters. The number of methoxy groups -OCH3 is 2. The van der Waals surface area contributed by atoms with Crippen LogP contribution in [0, 0.1) is 5.82 Å². The number of carbonyl (C=O) groups excluding carboxylic acids is 1. The van der Waals surface area contributed by atoms with Gasteiger partial charge in [0.25, 0.3) is 0 Å². The topological polar surface area (TPSA) is 54.0 Å². The first kappa shape index (κ1) is 19.5. The molecule has 0 fully saturated rings. The molecule has 128 valence electrons. The van der Waals surface area contributed by atoms with Gasteiger partial charge in [0, 0.05) is 7.11 Å². The molecular formula is C16H24BFO5. The maximum absolute atomic E-state index is 13.5. The summed E-state index contributed by atoms with van der Waals surface area (Å²) in [5.74, 6) is -0.539. The first-order valence-corrected chi connectivity index (χ1v) is 7.30. The van der Waals surface area contributed by atoms with E-state index in [4.69, 9.17) is 14.1 Å². The third kappa shape index (κ3) is 5.22. The van der Waals surface area contributed by atoms with Crippen LogP contribution in [-0.4, -0.2) is 45.5 Å². The zero-order valence-electron chi connectivity index (χ0n) is 14.6. The molecule has 1 aromatic carbocycles. The number of halogens is 1. The zero-order chi connectivity index (χ0) is 17.7. The number of hydrogen-bond donors (Lipinski definition) is 0. The van der Waals surface area contributed by atoms with Crippen LogP contribution in [0.1, 0.15) is 27.7 Å². The lowest BCUT2D eigenvalue weighted by atomic mass is 9.82. The van der Waals surface area contributed by atoms with E-state index in [0.29, 0.717) is 11.2 Å². The predicted molar refractivity (Wildman–Crippen MR) is 86.9 cm³/mol. The average Bonchev–Trinajstić information content (AvgIpc) is 2.51. The third-order valence-electron chi connectivity index (χ3n) is 4.14. The van der Waals surface area contributed by atoms with E-state index in [-0.39, 0.29) is 14.1 Å². The van der Waals surface area contributed by atoms with Crippen molar-refractivity contribution in [2.24, 2.45) is 0 Å². The molecule has 0 aliphatic heterocycles. The molecule has 7 heteroatoms. The highest BCUT2D eigenvalue weighted by atomic mass is 19.1. The summed E-state index contributed by atoms with van der Waals surface area (Å²) in [5.41, 5.74) is -0.644. The van der Waals surface area contributed by atoms with Gasteiger partial charge in [0.1, 0.15) is 11.6 Å². The molecule has 0 spiro atoms. The lowest BCUT2D eigenvalue weighted by molar-refractivity contribution is -0.142. The molecule has 5 nitrogen and oxygen atoms in total. The molecule has 0 saturated heterocycles. The fourth-order valence-electron chi connectivity index (χ4n) is 1.67. The quantitative estimate of drug-likeness (QED) is 0.536. The zero-order valence-corrected chi connectivity index (χ0v) is 14.6. The van der Waals surface area contributed by atoms with Crippen molar-refractivity contribution in [1.82, 2.24) is 0 Å². The van der Waals surface area contributed by atoms with Gasteiger partial charge in [0.2, 0.25) is 0 Å². The highest BCUT2D eigenvalue weighted by molar-refractivity contribution is 6.48. The Morgan fingerprint density at radius 1 is 1.17 bits per heavy atom. The van der Waals surface area contributed by atoms with E-state index in [0.717, 1.165) is 0 Å². The second-order valence-electron chi connectivity index (χ2n) is 6.13. The fourth-order valence-corrected chi connectivity index (χ4v) is 1.67. The predicted octanol–water partition coefficient (Wildman–Crippen LogP) is 1.57. The molecule has 0 saturated carbocycles. The summed E-state index contributed by atoms with van der Waals surface area (Å²) >= 11 is 0. The molecule has 1 aromatic rings. The van der Waals surface area contributed by atoms with Crippen LogP contribution in [0.2, 0.25) is 0 Å². The number of hydrogen-bond acceptors (Lipinski definition) is 5. The first-order valence-electron chi connectivity index (χ1n) is 7.30. The van der Waals surface area contributed by atoms with Crippen molar-refractivity contribution < 1.29 is 28.0 Å². The minimum absolute atomic E-state index is 0.119. The van der Waals surface area contributed by atoms with Crippen molar-refractivity contribution in [2.45, 2.75) is 38.9 Å². The van der Waals surface area contributed by atoms with Crippen LogP contribution in [0.4, 0.5) is 4.39 Å². The lowest BCUT2D eigenvalue weighted by Gasteiger charge is -2.40. The fraction of sp³-hybridized carbons (Fsp3) is 0.562. The summed E-state index contributed by atoms with van der Waals surface area (Å²) in [4.78, 5) is 11.2. The minimum Gasteiger partial charge on any atom is -0.482 e. The smallest absolute Gasteiger partial charge is 0.343 e. The van der Waals surface area contributed by atoms with E-state index in [2.05, 4.69) is 4.74 Å². The first-order chi connectivity index (χ1) is 10.6. The van der Waals surface area contributed by atoms with Gasteiger partial charge < -0.3 is 18.9 Å². The summed E-state index contributed by atoms with van der Waals surface area (Å²) in [7, 11) is 3.00. The Morgan fingerprint density at radius 2 is 1.83 bits per heavy atom. The number of esters is 1. The molecule has 0 N–H and O–H groups in total. The maximum Gasteiger partial charge on any atom is 0.343 e. The second kappa shape index (κ2) is 7.79. The molecule has 0 aliphatic carbocycles.